The van der Waals surface area contributed by atoms with E-state index in [9.17, 15) is 4.79 Å². The summed E-state index contributed by atoms with van der Waals surface area (Å²) in [6, 6.07) is 0. The van der Waals surface area contributed by atoms with Gasteiger partial charge in [0.05, 0.1) is 12.7 Å². The molecule has 0 saturated heterocycles. The highest BCUT2D eigenvalue weighted by Gasteiger charge is 2.08. The van der Waals surface area contributed by atoms with Crippen LogP contribution in [0.2, 0.25) is 0 Å². The number of likely N-dealkylation sites (N-methyl/N-ethyl adjacent to an activating group) is 1. The fourth-order valence-corrected chi connectivity index (χ4v) is 1.31. The molecule has 1 heterocycles. The molecule has 0 saturated carbocycles. The molecule has 0 atom stereocenters. The number of carbonyl (C=O) groups excluding carboxylic acids is 1. The van der Waals surface area contributed by atoms with Gasteiger partial charge in [0.15, 0.2) is 5.69 Å². The molecule has 1 aromatic heterocycles. The number of hydrazine groups is 1. The number of nitrogen functional groups attached to an aromatic ring is 1. The second-order valence-electron chi connectivity index (χ2n) is 3.72. The summed E-state index contributed by atoms with van der Waals surface area (Å²) in [4.78, 5) is 13.2. The number of amides is 1. The number of aliphatic hydroxyl groups excluding tert-OH is 1. The van der Waals surface area contributed by atoms with Crippen LogP contribution in [-0.2, 0) is 6.54 Å². The normalized spacial score (nSPS) is 10.8. The molecule has 0 aliphatic rings. The van der Waals surface area contributed by atoms with Crippen molar-refractivity contribution in [2.45, 2.75) is 13.0 Å². The Labute approximate surface area is 99.4 Å². The van der Waals surface area contributed by atoms with Crippen LogP contribution in [0.1, 0.15) is 16.9 Å². The summed E-state index contributed by atoms with van der Waals surface area (Å²) >= 11 is 0. The predicted octanol–water partition coefficient (Wildman–Crippen LogP) is -1.80. The van der Waals surface area contributed by atoms with Crippen LogP contribution in [0.25, 0.3) is 0 Å². The van der Waals surface area contributed by atoms with Crippen molar-refractivity contribution in [2.75, 3.05) is 26.7 Å². The van der Waals surface area contributed by atoms with Gasteiger partial charge in [0.2, 0.25) is 0 Å². The molecule has 0 aromatic carbocycles. The van der Waals surface area contributed by atoms with Crippen LogP contribution >= 0.6 is 0 Å². The van der Waals surface area contributed by atoms with Crippen LogP contribution < -0.4 is 11.3 Å². The van der Waals surface area contributed by atoms with Gasteiger partial charge in [0.1, 0.15) is 0 Å². The highest BCUT2D eigenvalue weighted by atomic mass is 16.3. The maximum atomic E-state index is 11.1. The van der Waals surface area contributed by atoms with Crippen molar-refractivity contribution in [3.05, 3.63) is 11.9 Å². The quantitative estimate of drug-likeness (QED) is 0.295. The van der Waals surface area contributed by atoms with Gasteiger partial charge in [0, 0.05) is 19.7 Å². The Morgan fingerprint density at radius 3 is 3.06 bits per heavy atom. The van der Waals surface area contributed by atoms with Crippen LogP contribution in [-0.4, -0.2) is 57.7 Å². The summed E-state index contributed by atoms with van der Waals surface area (Å²) in [6.07, 6.45) is 2.29. The Hall–Kier alpha value is -1.51. The molecular weight excluding hydrogens is 224 g/mol. The van der Waals surface area contributed by atoms with E-state index >= 15 is 0 Å². The van der Waals surface area contributed by atoms with E-state index in [2.05, 4.69) is 15.2 Å². The molecule has 0 radical (unpaired) electrons. The number of aliphatic hydroxyl groups is 1. The summed E-state index contributed by atoms with van der Waals surface area (Å²) < 4.78 is 1.58. The zero-order valence-electron chi connectivity index (χ0n) is 9.83. The Balaban J connectivity index is 2.36. The van der Waals surface area contributed by atoms with Crippen LogP contribution in [0, 0.1) is 0 Å². The monoisotopic (exact) mass is 242 g/mol. The van der Waals surface area contributed by atoms with Crippen LogP contribution in [0.5, 0.6) is 0 Å². The largest absolute Gasteiger partial charge is 0.396 e. The van der Waals surface area contributed by atoms with Crippen molar-refractivity contribution in [1.82, 2.24) is 25.3 Å². The number of hydrogen-bond donors (Lipinski definition) is 3. The minimum atomic E-state index is -0.454. The first-order valence-electron chi connectivity index (χ1n) is 5.38. The lowest BCUT2D eigenvalue weighted by Crippen LogP contribution is -2.30. The Morgan fingerprint density at radius 1 is 1.65 bits per heavy atom. The standard InChI is InChI=1S/C9H18N6O2/c1-14(3-2-6-16)4-5-15-7-8(12-13-15)9(17)11-10/h7,16H,2-6,10H2,1H3,(H,11,17). The average molecular weight is 242 g/mol. The Morgan fingerprint density at radius 2 is 2.41 bits per heavy atom. The first-order chi connectivity index (χ1) is 8.17. The SMILES string of the molecule is CN(CCCO)CCn1cc(C(=O)NN)nn1. The summed E-state index contributed by atoms with van der Waals surface area (Å²) in [6.45, 7) is 2.41. The van der Waals surface area contributed by atoms with Gasteiger partial charge in [-0.1, -0.05) is 5.21 Å². The molecule has 1 rings (SSSR count). The molecular formula is C9H18N6O2. The topological polar surface area (TPSA) is 109 Å². The summed E-state index contributed by atoms with van der Waals surface area (Å²) in [5.41, 5.74) is 2.19. The molecule has 0 aliphatic carbocycles. The van der Waals surface area contributed by atoms with Crippen LogP contribution in [0.15, 0.2) is 6.20 Å². The molecule has 0 aliphatic heterocycles. The van der Waals surface area contributed by atoms with Gasteiger partial charge >= 0.3 is 0 Å². The van der Waals surface area contributed by atoms with Crippen LogP contribution in [0.4, 0.5) is 0 Å². The van der Waals surface area contributed by atoms with Crippen molar-refractivity contribution in [3.8, 4) is 0 Å². The van der Waals surface area contributed by atoms with Crippen molar-refractivity contribution < 1.29 is 9.90 Å². The summed E-state index contributed by atoms with van der Waals surface area (Å²) in [5.74, 6) is 4.53. The second kappa shape index (κ2) is 6.94. The molecule has 17 heavy (non-hydrogen) atoms. The molecule has 0 unspecified atom stereocenters. The maximum Gasteiger partial charge on any atom is 0.287 e. The highest BCUT2D eigenvalue weighted by Crippen LogP contribution is 1.94. The van der Waals surface area contributed by atoms with Gasteiger partial charge in [-0.05, 0) is 13.5 Å². The van der Waals surface area contributed by atoms with Crippen molar-refractivity contribution in [2.24, 2.45) is 5.84 Å². The summed E-state index contributed by atoms with van der Waals surface area (Å²) in [7, 11) is 1.96. The van der Waals surface area contributed by atoms with Crippen molar-refractivity contribution in [3.63, 3.8) is 0 Å². The molecule has 1 amide bonds. The first-order valence-corrected chi connectivity index (χ1v) is 5.38. The maximum absolute atomic E-state index is 11.1. The third-order valence-electron chi connectivity index (χ3n) is 2.31. The molecule has 4 N–H and O–H groups in total. The first kappa shape index (κ1) is 13.6. The molecule has 0 fully saturated rings. The number of rotatable bonds is 7. The third-order valence-corrected chi connectivity index (χ3v) is 2.31. The Kier molecular flexibility index (Phi) is 5.53. The van der Waals surface area contributed by atoms with E-state index in [1.165, 1.54) is 0 Å². The van der Waals surface area contributed by atoms with Gasteiger partial charge in [-0.15, -0.1) is 5.10 Å². The molecule has 8 heteroatoms. The number of nitrogens with one attached hydrogen (secondary N) is 1. The number of hydrogen-bond acceptors (Lipinski definition) is 6. The van der Waals surface area contributed by atoms with E-state index in [0.717, 1.165) is 19.5 Å². The molecule has 8 nitrogen and oxygen atoms in total. The number of aromatic nitrogens is 3. The van der Waals surface area contributed by atoms with E-state index < -0.39 is 5.91 Å². The highest BCUT2D eigenvalue weighted by molar-refractivity contribution is 5.91. The molecule has 1 aromatic rings. The Bertz CT molecular complexity index is 353. The molecule has 0 spiro atoms. The van der Waals surface area contributed by atoms with Crippen LogP contribution in [0.3, 0.4) is 0 Å². The summed E-state index contributed by atoms with van der Waals surface area (Å²) in [5, 5.41) is 16.2. The fraction of sp³-hybridized carbons (Fsp3) is 0.667. The molecule has 96 valence electrons. The van der Waals surface area contributed by atoms with Crippen molar-refractivity contribution in [1.29, 1.82) is 0 Å². The lowest BCUT2D eigenvalue weighted by molar-refractivity contribution is 0.0948. The van der Waals surface area contributed by atoms with Gasteiger partial charge in [-0.2, -0.15) is 0 Å². The fourth-order valence-electron chi connectivity index (χ4n) is 1.31. The van der Waals surface area contributed by atoms with E-state index in [1.54, 1.807) is 10.9 Å². The van der Waals surface area contributed by atoms with E-state index in [-0.39, 0.29) is 12.3 Å². The van der Waals surface area contributed by atoms with E-state index in [1.807, 2.05) is 12.5 Å². The zero-order valence-corrected chi connectivity index (χ0v) is 9.83. The molecule has 0 bridgehead atoms. The van der Waals surface area contributed by atoms with Gasteiger partial charge in [0.25, 0.3) is 5.91 Å². The number of nitrogens with two attached hydrogens (primary N) is 1. The van der Waals surface area contributed by atoms with E-state index in [0.29, 0.717) is 6.54 Å². The minimum Gasteiger partial charge on any atom is -0.396 e. The van der Waals surface area contributed by atoms with E-state index in [4.69, 9.17) is 10.9 Å². The third kappa shape index (κ3) is 4.47. The number of carbonyl (C=O) groups is 1. The predicted molar refractivity (Wildman–Crippen MR) is 60.9 cm³/mol. The second-order valence-corrected chi connectivity index (χ2v) is 3.72. The van der Waals surface area contributed by atoms with Gasteiger partial charge < -0.3 is 10.0 Å². The average Bonchev–Trinajstić information content (AvgIpc) is 2.81. The van der Waals surface area contributed by atoms with Gasteiger partial charge in [-0.25, -0.2) is 5.84 Å². The van der Waals surface area contributed by atoms with Crippen molar-refractivity contribution >= 4 is 5.91 Å². The lowest BCUT2D eigenvalue weighted by atomic mass is 10.4. The van der Waals surface area contributed by atoms with Gasteiger partial charge in [-0.3, -0.25) is 14.9 Å². The lowest BCUT2D eigenvalue weighted by Gasteiger charge is -2.15. The minimum absolute atomic E-state index is 0.189. The smallest absolute Gasteiger partial charge is 0.287 e. The zero-order chi connectivity index (χ0) is 12.7. The number of nitrogens with zero attached hydrogens (tertiary/aromatic N) is 4.